The number of rotatable bonds is 3. The van der Waals surface area contributed by atoms with Crippen molar-refractivity contribution < 1.29 is 9.80 Å². The summed E-state index contributed by atoms with van der Waals surface area (Å²) >= 11 is 0. The highest BCUT2D eigenvalue weighted by molar-refractivity contribution is 5.63. The maximum Gasteiger partial charge on any atom is 0.140 e. The van der Waals surface area contributed by atoms with Crippen LogP contribution in [0.3, 0.4) is 0 Å². The standard InChI is InChI=1S/C21H26N2/c1-17-21-8-5-13-22(21)14-15-23(17)16-18-9-11-20(12-10-18)19-6-3-2-4-7-19/h2-4,6-7,9-12,17,21H,5,8,13-16H2,1H3/p+2/t17-,21+/m0/s1. The lowest BCUT2D eigenvalue weighted by Gasteiger charge is -2.37. The Morgan fingerprint density at radius 3 is 2.39 bits per heavy atom. The van der Waals surface area contributed by atoms with E-state index in [9.17, 15) is 0 Å². The van der Waals surface area contributed by atoms with Crippen LogP contribution in [-0.4, -0.2) is 31.7 Å². The molecule has 0 aliphatic carbocycles. The van der Waals surface area contributed by atoms with Gasteiger partial charge in [-0.2, -0.15) is 0 Å². The highest BCUT2D eigenvalue weighted by atomic mass is 15.3. The lowest BCUT2D eigenvalue weighted by atomic mass is 10.0. The monoisotopic (exact) mass is 308 g/mol. The van der Waals surface area contributed by atoms with Gasteiger partial charge < -0.3 is 9.80 Å². The zero-order valence-electron chi connectivity index (χ0n) is 14.1. The Morgan fingerprint density at radius 2 is 1.61 bits per heavy atom. The van der Waals surface area contributed by atoms with Gasteiger partial charge in [-0.25, -0.2) is 0 Å². The van der Waals surface area contributed by atoms with Crippen LogP contribution in [0.1, 0.15) is 25.3 Å². The second-order valence-corrected chi connectivity index (χ2v) is 7.34. The van der Waals surface area contributed by atoms with Gasteiger partial charge in [0, 0.05) is 18.4 Å². The van der Waals surface area contributed by atoms with E-state index < -0.39 is 0 Å². The van der Waals surface area contributed by atoms with E-state index in [-0.39, 0.29) is 0 Å². The summed E-state index contributed by atoms with van der Waals surface area (Å²) in [6.45, 7) is 7.76. The SMILES string of the molecule is C[C@H]1[C@H]2CCC[NH+]2CC[NH+]1Cc1ccc(-c2ccccc2)cc1. The van der Waals surface area contributed by atoms with Crippen LogP contribution >= 0.6 is 0 Å². The minimum Gasteiger partial charge on any atom is -0.323 e. The second-order valence-electron chi connectivity index (χ2n) is 7.34. The van der Waals surface area contributed by atoms with Crippen LogP contribution < -0.4 is 9.80 Å². The smallest absolute Gasteiger partial charge is 0.140 e. The van der Waals surface area contributed by atoms with Crippen LogP contribution in [0.15, 0.2) is 54.6 Å². The minimum atomic E-state index is 0.801. The molecule has 0 radical (unpaired) electrons. The first kappa shape index (κ1) is 14.9. The molecule has 2 unspecified atom stereocenters. The van der Waals surface area contributed by atoms with Gasteiger partial charge in [0.2, 0.25) is 0 Å². The Morgan fingerprint density at radius 1 is 0.870 bits per heavy atom. The number of quaternary nitrogens is 2. The van der Waals surface area contributed by atoms with E-state index >= 15 is 0 Å². The summed E-state index contributed by atoms with van der Waals surface area (Å²) in [5, 5.41) is 0. The number of hydrogen-bond donors (Lipinski definition) is 2. The molecule has 0 spiro atoms. The first-order valence-electron chi connectivity index (χ1n) is 9.15. The average molecular weight is 308 g/mol. The van der Waals surface area contributed by atoms with Gasteiger partial charge in [-0.15, -0.1) is 0 Å². The highest BCUT2D eigenvalue weighted by Crippen LogP contribution is 2.19. The molecule has 2 aromatic rings. The van der Waals surface area contributed by atoms with Crippen molar-refractivity contribution in [2.24, 2.45) is 0 Å². The number of benzene rings is 2. The Bertz CT molecular complexity index is 635. The zero-order chi connectivity index (χ0) is 15.6. The lowest BCUT2D eigenvalue weighted by Crippen LogP contribution is -3.31. The second kappa shape index (κ2) is 6.46. The molecule has 2 heterocycles. The number of hydrogen-bond acceptors (Lipinski definition) is 0. The van der Waals surface area contributed by atoms with Crippen LogP contribution in [0.4, 0.5) is 0 Å². The molecule has 2 fully saturated rings. The van der Waals surface area contributed by atoms with Crippen molar-refractivity contribution in [2.75, 3.05) is 19.6 Å². The zero-order valence-corrected chi connectivity index (χ0v) is 14.1. The van der Waals surface area contributed by atoms with E-state index in [1.54, 1.807) is 4.90 Å². The Hall–Kier alpha value is -1.64. The van der Waals surface area contributed by atoms with Gasteiger partial charge in [-0.3, -0.25) is 0 Å². The van der Waals surface area contributed by atoms with E-state index in [0.717, 1.165) is 12.1 Å². The third-order valence-corrected chi connectivity index (χ3v) is 6.04. The molecule has 2 aliphatic rings. The van der Waals surface area contributed by atoms with Crippen molar-refractivity contribution in [3.05, 3.63) is 60.2 Å². The molecular formula is C21H28N2+2. The van der Waals surface area contributed by atoms with Crippen molar-refractivity contribution in [2.45, 2.75) is 38.4 Å². The van der Waals surface area contributed by atoms with E-state index in [1.165, 1.54) is 55.7 Å². The van der Waals surface area contributed by atoms with Gasteiger partial charge in [-0.05, 0) is 18.1 Å². The molecule has 2 saturated heterocycles. The molecule has 2 N–H and O–H groups in total. The minimum absolute atomic E-state index is 0.801. The van der Waals surface area contributed by atoms with E-state index in [2.05, 4.69) is 61.5 Å². The molecule has 0 bridgehead atoms. The summed E-state index contributed by atoms with van der Waals surface area (Å²) in [6.07, 6.45) is 2.87. The summed E-state index contributed by atoms with van der Waals surface area (Å²) in [4.78, 5) is 3.66. The van der Waals surface area contributed by atoms with Crippen LogP contribution in [-0.2, 0) is 6.54 Å². The van der Waals surface area contributed by atoms with E-state index in [4.69, 9.17) is 0 Å². The molecule has 4 rings (SSSR count). The molecule has 0 amide bonds. The van der Waals surface area contributed by atoms with E-state index in [0.29, 0.717) is 0 Å². The summed E-state index contributed by atoms with van der Waals surface area (Å²) in [7, 11) is 0. The maximum absolute atomic E-state index is 2.48. The van der Waals surface area contributed by atoms with Gasteiger partial charge in [0.05, 0.1) is 6.54 Å². The summed E-state index contributed by atoms with van der Waals surface area (Å²) in [5.41, 5.74) is 4.11. The number of piperazine rings is 1. The Balaban J connectivity index is 1.45. The van der Waals surface area contributed by atoms with Gasteiger partial charge in [0.25, 0.3) is 0 Å². The predicted molar refractivity (Wildman–Crippen MR) is 94.6 cm³/mol. The van der Waals surface area contributed by atoms with Gasteiger partial charge in [0.1, 0.15) is 31.7 Å². The van der Waals surface area contributed by atoms with Crippen molar-refractivity contribution >= 4 is 0 Å². The first-order valence-corrected chi connectivity index (χ1v) is 9.15. The molecule has 120 valence electrons. The van der Waals surface area contributed by atoms with Crippen LogP contribution in [0.2, 0.25) is 0 Å². The van der Waals surface area contributed by atoms with Gasteiger partial charge >= 0.3 is 0 Å². The Kier molecular flexibility index (Phi) is 4.19. The van der Waals surface area contributed by atoms with Gasteiger partial charge in [-0.1, -0.05) is 54.6 Å². The fraction of sp³-hybridized carbons (Fsp3) is 0.429. The maximum atomic E-state index is 2.48. The molecule has 2 nitrogen and oxygen atoms in total. The third-order valence-electron chi connectivity index (χ3n) is 6.04. The molecule has 2 aromatic carbocycles. The molecule has 2 heteroatoms. The van der Waals surface area contributed by atoms with Crippen molar-refractivity contribution in [1.29, 1.82) is 0 Å². The van der Waals surface area contributed by atoms with Crippen LogP contribution in [0.5, 0.6) is 0 Å². The highest BCUT2D eigenvalue weighted by Gasteiger charge is 2.42. The number of nitrogens with one attached hydrogen (secondary N) is 2. The fourth-order valence-corrected chi connectivity index (χ4v) is 4.64. The largest absolute Gasteiger partial charge is 0.323 e. The van der Waals surface area contributed by atoms with Crippen molar-refractivity contribution in [3.8, 4) is 11.1 Å². The van der Waals surface area contributed by atoms with Crippen molar-refractivity contribution in [1.82, 2.24) is 0 Å². The molecule has 2 aliphatic heterocycles. The summed E-state index contributed by atoms with van der Waals surface area (Å²) < 4.78 is 0. The average Bonchev–Trinajstić information content (AvgIpc) is 3.08. The molecule has 0 saturated carbocycles. The fourth-order valence-electron chi connectivity index (χ4n) is 4.64. The normalized spacial score (nSPS) is 30.1. The molecule has 4 atom stereocenters. The lowest BCUT2D eigenvalue weighted by molar-refractivity contribution is -1.05. The quantitative estimate of drug-likeness (QED) is 0.843. The van der Waals surface area contributed by atoms with E-state index in [1.807, 2.05) is 4.90 Å². The third kappa shape index (κ3) is 3.06. The van der Waals surface area contributed by atoms with Gasteiger partial charge in [0.15, 0.2) is 0 Å². The molecule has 23 heavy (non-hydrogen) atoms. The Labute approximate surface area is 139 Å². The number of fused-ring (bicyclic) bond motifs is 1. The topological polar surface area (TPSA) is 8.88 Å². The molecule has 0 aromatic heterocycles. The van der Waals surface area contributed by atoms with Crippen LogP contribution in [0.25, 0.3) is 11.1 Å². The first-order chi connectivity index (χ1) is 11.3. The van der Waals surface area contributed by atoms with Crippen molar-refractivity contribution in [3.63, 3.8) is 0 Å². The summed E-state index contributed by atoms with van der Waals surface area (Å²) in [6, 6.07) is 21.6. The summed E-state index contributed by atoms with van der Waals surface area (Å²) in [5.74, 6) is 0. The molecular weight excluding hydrogens is 280 g/mol. The predicted octanol–water partition coefficient (Wildman–Crippen LogP) is 1.19. The van der Waals surface area contributed by atoms with Crippen LogP contribution in [0, 0.1) is 0 Å².